The van der Waals surface area contributed by atoms with E-state index in [4.69, 9.17) is 16.6 Å². The fraction of sp³-hybridized carbons (Fsp3) is 0.222. The molecule has 4 rings (SSSR count). The normalized spacial score (nSPS) is 14.5. The number of aromatic nitrogens is 2. The van der Waals surface area contributed by atoms with Crippen LogP contribution >= 0.6 is 22.9 Å². The van der Waals surface area contributed by atoms with Gasteiger partial charge in [0.25, 0.3) is 5.56 Å². The third-order valence-corrected chi connectivity index (χ3v) is 5.24. The highest BCUT2D eigenvalue weighted by Crippen LogP contribution is 2.21. The Labute approximate surface area is 148 Å². The van der Waals surface area contributed by atoms with Crippen molar-refractivity contribution in [2.45, 2.75) is 19.5 Å². The zero-order valence-corrected chi connectivity index (χ0v) is 14.5. The number of benzene rings is 1. The number of rotatable bonds is 3. The number of thiophene rings is 1. The molecule has 3 heterocycles. The Hall–Kier alpha value is -1.95. The van der Waals surface area contributed by atoms with Crippen molar-refractivity contribution in [3.63, 3.8) is 0 Å². The van der Waals surface area contributed by atoms with Gasteiger partial charge in [0.1, 0.15) is 5.82 Å². The zero-order chi connectivity index (χ0) is 16.5. The summed E-state index contributed by atoms with van der Waals surface area (Å²) >= 11 is 7.64. The molecule has 0 unspecified atom stereocenters. The van der Waals surface area contributed by atoms with E-state index >= 15 is 0 Å². The highest BCUT2D eigenvalue weighted by molar-refractivity contribution is 7.07. The van der Waals surface area contributed by atoms with Gasteiger partial charge in [0, 0.05) is 35.8 Å². The average molecular weight is 358 g/mol. The van der Waals surface area contributed by atoms with Gasteiger partial charge in [-0.3, -0.25) is 9.69 Å². The second kappa shape index (κ2) is 6.51. The van der Waals surface area contributed by atoms with Crippen LogP contribution in [0, 0.1) is 0 Å². The minimum atomic E-state index is -0.0277. The molecular weight excluding hydrogens is 342 g/mol. The maximum Gasteiger partial charge on any atom is 0.254 e. The summed E-state index contributed by atoms with van der Waals surface area (Å²) in [7, 11) is 0. The second-order valence-electron chi connectivity index (χ2n) is 5.94. The standard InChI is InChI=1S/C18H16ClN3OS/c19-14-3-1-13(2-4-14)17-20-16-10-22(9-12-6-8-24-11-12)7-5-15(16)18(23)21-17/h1-4,6,8,11H,5,7,9-10H2,(H,20,21,23). The zero-order valence-electron chi connectivity index (χ0n) is 13.0. The molecule has 122 valence electrons. The molecule has 6 heteroatoms. The molecule has 0 bridgehead atoms. The predicted octanol–water partition coefficient (Wildman–Crippen LogP) is 3.71. The summed E-state index contributed by atoms with van der Waals surface area (Å²) in [6.07, 6.45) is 0.739. The largest absolute Gasteiger partial charge is 0.306 e. The van der Waals surface area contributed by atoms with Crippen molar-refractivity contribution in [3.05, 3.63) is 73.3 Å². The van der Waals surface area contributed by atoms with Crippen molar-refractivity contribution in [3.8, 4) is 11.4 Å². The summed E-state index contributed by atoms with van der Waals surface area (Å²) in [4.78, 5) is 22.4. The van der Waals surface area contributed by atoms with Crippen LogP contribution < -0.4 is 5.56 Å². The van der Waals surface area contributed by atoms with Crippen LogP contribution in [0.2, 0.25) is 5.02 Å². The number of nitrogens with one attached hydrogen (secondary N) is 1. The van der Waals surface area contributed by atoms with Crippen LogP contribution in [0.5, 0.6) is 0 Å². The molecule has 0 radical (unpaired) electrons. The molecule has 1 aliphatic rings. The fourth-order valence-corrected chi connectivity index (χ4v) is 3.80. The van der Waals surface area contributed by atoms with Crippen molar-refractivity contribution >= 4 is 22.9 Å². The van der Waals surface area contributed by atoms with E-state index in [2.05, 4.69) is 26.7 Å². The van der Waals surface area contributed by atoms with Crippen molar-refractivity contribution < 1.29 is 0 Å². The summed E-state index contributed by atoms with van der Waals surface area (Å²) in [5, 5.41) is 4.93. The third-order valence-electron chi connectivity index (χ3n) is 4.26. The highest BCUT2D eigenvalue weighted by atomic mass is 35.5. The summed E-state index contributed by atoms with van der Waals surface area (Å²) in [6, 6.07) is 9.50. The quantitative estimate of drug-likeness (QED) is 0.777. The van der Waals surface area contributed by atoms with Gasteiger partial charge in [0.15, 0.2) is 0 Å². The van der Waals surface area contributed by atoms with Gasteiger partial charge in [-0.1, -0.05) is 11.6 Å². The molecule has 1 aromatic carbocycles. The first-order chi connectivity index (χ1) is 11.7. The van der Waals surface area contributed by atoms with Crippen molar-refractivity contribution in [2.75, 3.05) is 6.54 Å². The van der Waals surface area contributed by atoms with Gasteiger partial charge < -0.3 is 4.98 Å². The van der Waals surface area contributed by atoms with E-state index in [0.717, 1.165) is 36.3 Å². The molecule has 0 saturated heterocycles. The van der Waals surface area contributed by atoms with Crippen molar-refractivity contribution in [1.82, 2.24) is 14.9 Å². The van der Waals surface area contributed by atoms with Crippen molar-refractivity contribution in [1.29, 1.82) is 0 Å². The van der Waals surface area contributed by atoms with Gasteiger partial charge in [-0.15, -0.1) is 0 Å². The number of H-pyrrole nitrogens is 1. The molecule has 4 nitrogen and oxygen atoms in total. The molecule has 2 aromatic heterocycles. The predicted molar refractivity (Wildman–Crippen MR) is 97.4 cm³/mol. The van der Waals surface area contributed by atoms with E-state index in [9.17, 15) is 4.79 Å². The lowest BCUT2D eigenvalue weighted by Gasteiger charge is -2.27. The minimum absolute atomic E-state index is 0.0277. The van der Waals surface area contributed by atoms with Gasteiger partial charge in [0.05, 0.1) is 5.69 Å². The molecule has 24 heavy (non-hydrogen) atoms. The van der Waals surface area contributed by atoms with Crippen LogP contribution in [0.1, 0.15) is 16.8 Å². The monoisotopic (exact) mass is 357 g/mol. The average Bonchev–Trinajstić information content (AvgIpc) is 3.08. The van der Waals surface area contributed by atoms with E-state index in [0.29, 0.717) is 17.4 Å². The maximum absolute atomic E-state index is 12.4. The first-order valence-corrected chi connectivity index (χ1v) is 9.12. The summed E-state index contributed by atoms with van der Waals surface area (Å²) < 4.78 is 0. The molecule has 0 saturated carbocycles. The molecule has 0 spiro atoms. The van der Waals surface area contributed by atoms with Gasteiger partial charge in [-0.05, 0) is 53.1 Å². The molecule has 1 N–H and O–H groups in total. The van der Waals surface area contributed by atoms with Crippen molar-refractivity contribution in [2.24, 2.45) is 0 Å². The Morgan fingerprint density at radius 2 is 2.08 bits per heavy atom. The molecule has 1 aliphatic heterocycles. The summed E-state index contributed by atoms with van der Waals surface area (Å²) in [5.41, 5.74) is 3.85. The second-order valence-corrected chi connectivity index (χ2v) is 7.16. The van der Waals surface area contributed by atoms with Crippen LogP contribution in [0.25, 0.3) is 11.4 Å². The fourth-order valence-electron chi connectivity index (χ4n) is 3.01. The van der Waals surface area contributed by atoms with Gasteiger partial charge >= 0.3 is 0 Å². The lowest BCUT2D eigenvalue weighted by atomic mass is 10.1. The number of hydrogen-bond donors (Lipinski definition) is 1. The number of halogens is 1. The Balaban J connectivity index is 1.64. The number of hydrogen-bond acceptors (Lipinski definition) is 4. The van der Waals surface area contributed by atoms with E-state index in [-0.39, 0.29) is 5.56 Å². The van der Waals surface area contributed by atoms with Crippen LogP contribution in [-0.2, 0) is 19.5 Å². The number of fused-ring (bicyclic) bond motifs is 1. The first-order valence-electron chi connectivity index (χ1n) is 7.80. The van der Waals surface area contributed by atoms with Crippen LogP contribution in [0.15, 0.2) is 45.9 Å². The van der Waals surface area contributed by atoms with E-state index in [1.54, 1.807) is 23.5 Å². The summed E-state index contributed by atoms with van der Waals surface area (Å²) in [6.45, 7) is 2.48. The Morgan fingerprint density at radius 1 is 1.25 bits per heavy atom. The smallest absolute Gasteiger partial charge is 0.254 e. The highest BCUT2D eigenvalue weighted by Gasteiger charge is 2.21. The van der Waals surface area contributed by atoms with Crippen LogP contribution in [-0.4, -0.2) is 21.4 Å². The van der Waals surface area contributed by atoms with Crippen LogP contribution in [0.3, 0.4) is 0 Å². The lowest BCUT2D eigenvalue weighted by Crippen LogP contribution is -2.34. The molecule has 0 fully saturated rings. The molecule has 0 amide bonds. The Morgan fingerprint density at radius 3 is 2.83 bits per heavy atom. The van der Waals surface area contributed by atoms with Gasteiger partial charge in [-0.2, -0.15) is 11.3 Å². The molecule has 3 aromatic rings. The van der Waals surface area contributed by atoms with E-state index in [1.165, 1.54) is 5.56 Å². The lowest BCUT2D eigenvalue weighted by molar-refractivity contribution is 0.241. The first kappa shape index (κ1) is 15.6. The minimum Gasteiger partial charge on any atom is -0.306 e. The SMILES string of the molecule is O=c1[nH]c(-c2ccc(Cl)cc2)nc2c1CCN(Cc1ccsc1)C2. The molecule has 0 atom stereocenters. The Kier molecular flexibility index (Phi) is 4.22. The Bertz CT molecular complexity index is 903. The van der Waals surface area contributed by atoms with E-state index in [1.807, 2.05) is 12.1 Å². The summed E-state index contributed by atoms with van der Waals surface area (Å²) in [5.74, 6) is 0.604. The van der Waals surface area contributed by atoms with Gasteiger partial charge in [-0.25, -0.2) is 4.98 Å². The van der Waals surface area contributed by atoms with Gasteiger partial charge in [0.2, 0.25) is 0 Å². The molecular formula is C18H16ClN3OS. The topological polar surface area (TPSA) is 49.0 Å². The van der Waals surface area contributed by atoms with Crippen LogP contribution in [0.4, 0.5) is 0 Å². The third kappa shape index (κ3) is 3.15. The number of nitrogens with zero attached hydrogens (tertiary/aromatic N) is 2. The number of aromatic amines is 1. The maximum atomic E-state index is 12.4. The van der Waals surface area contributed by atoms with E-state index < -0.39 is 0 Å². The molecule has 0 aliphatic carbocycles.